The molecule has 112 valence electrons. The van der Waals surface area contributed by atoms with E-state index in [9.17, 15) is 18.3 Å². The second-order valence-corrected chi connectivity index (χ2v) is 6.89. The SMILES string of the molecule is COC(=O)c1ncsc1S(=O)(=O)Nc1ccc(O)c(Cl)c1. The van der Waals surface area contributed by atoms with Crippen LogP contribution in [0, 0.1) is 0 Å². The van der Waals surface area contributed by atoms with Crippen molar-refractivity contribution < 1.29 is 23.1 Å². The average molecular weight is 349 g/mol. The van der Waals surface area contributed by atoms with Crippen LogP contribution < -0.4 is 4.72 Å². The number of thiazole rings is 1. The lowest BCUT2D eigenvalue weighted by atomic mass is 10.3. The zero-order chi connectivity index (χ0) is 15.6. The van der Waals surface area contributed by atoms with Gasteiger partial charge in [-0.25, -0.2) is 18.2 Å². The summed E-state index contributed by atoms with van der Waals surface area (Å²) < 4.78 is 30.9. The number of carbonyl (C=O) groups is 1. The predicted octanol–water partition coefficient (Wildman–Crippen LogP) is 2.09. The van der Waals surface area contributed by atoms with E-state index in [1.54, 1.807) is 0 Å². The topological polar surface area (TPSA) is 106 Å². The summed E-state index contributed by atoms with van der Waals surface area (Å²) in [6.07, 6.45) is 0. The van der Waals surface area contributed by atoms with Gasteiger partial charge in [-0.15, -0.1) is 11.3 Å². The van der Waals surface area contributed by atoms with E-state index in [0.717, 1.165) is 18.4 Å². The van der Waals surface area contributed by atoms with Gasteiger partial charge in [0, 0.05) is 0 Å². The first kappa shape index (κ1) is 15.5. The second-order valence-electron chi connectivity index (χ2n) is 3.75. The number of phenols is 1. The van der Waals surface area contributed by atoms with Crippen LogP contribution in [0.5, 0.6) is 5.75 Å². The van der Waals surface area contributed by atoms with Gasteiger partial charge in [0.1, 0.15) is 5.75 Å². The molecule has 2 rings (SSSR count). The van der Waals surface area contributed by atoms with E-state index in [1.807, 2.05) is 0 Å². The number of methoxy groups -OCH3 is 1. The molecule has 0 amide bonds. The molecule has 21 heavy (non-hydrogen) atoms. The Balaban J connectivity index is 2.37. The molecule has 0 saturated heterocycles. The number of rotatable bonds is 4. The first-order valence-corrected chi connectivity index (χ1v) is 8.12. The van der Waals surface area contributed by atoms with Gasteiger partial charge in [0.2, 0.25) is 0 Å². The molecule has 1 aromatic carbocycles. The highest BCUT2D eigenvalue weighted by Crippen LogP contribution is 2.29. The Morgan fingerprint density at radius 1 is 1.48 bits per heavy atom. The Bertz CT molecular complexity index is 788. The van der Waals surface area contributed by atoms with Crippen LogP contribution in [0.15, 0.2) is 27.9 Å². The minimum Gasteiger partial charge on any atom is -0.506 e. The summed E-state index contributed by atoms with van der Waals surface area (Å²) in [5.74, 6) is -1.02. The molecular weight excluding hydrogens is 340 g/mol. The number of halogens is 1. The predicted molar refractivity (Wildman–Crippen MR) is 77.4 cm³/mol. The van der Waals surface area contributed by atoms with Gasteiger partial charge in [0.15, 0.2) is 9.90 Å². The third-order valence-electron chi connectivity index (χ3n) is 2.36. The van der Waals surface area contributed by atoms with E-state index in [-0.39, 0.29) is 26.4 Å². The standard InChI is InChI=1S/C11H9ClN2O5S2/c1-19-10(16)9-11(20-5-13-9)21(17,18)14-6-2-3-8(15)7(12)4-6/h2-5,14-15H,1H3. The highest BCUT2D eigenvalue weighted by atomic mass is 35.5. The first-order chi connectivity index (χ1) is 9.85. The second kappa shape index (κ2) is 5.88. The van der Waals surface area contributed by atoms with Crippen LogP contribution in [0.3, 0.4) is 0 Å². The molecule has 0 aliphatic heterocycles. The van der Waals surface area contributed by atoms with Crippen LogP contribution >= 0.6 is 22.9 Å². The summed E-state index contributed by atoms with van der Waals surface area (Å²) in [5, 5.41) is 9.29. The largest absolute Gasteiger partial charge is 0.506 e. The van der Waals surface area contributed by atoms with Crippen LogP contribution in [0.2, 0.25) is 5.02 Å². The molecule has 10 heteroatoms. The molecule has 0 unspecified atom stereocenters. The van der Waals surface area contributed by atoms with Crippen molar-refractivity contribution in [1.29, 1.82) is 0 Å². The molecule has 7 nitrogen and oxygen atoms in total. The van der Waals surface area contributed by atoms with E-state index >= 15 is 0 Å². The monoisotopic (exact) mass is 348 g/mol. The van der Waals surface area contributed by atoms with Gasteiger partial charge in [-0.2, -0.15) is 0 Å². The van der Waals surface area contributed by atoms with Gasteiger partial charge in [0.05, 0.1) is 23.3 Å². The maximum atomic E-state index is 12.2. The van der Waals surface area contributed by atoms with E-state index in [1.165, 1.54) is 23.7 Å². The quantitative estimate of drug-likeness (QED) is 0.647. The van der Waals surface area contributed by atoms with Crippen LogP contribution in [-0.2, 0) is 14.8 Å². The lowest BCUT2D eigenvalue weighted by Gasteiger charge is -2.08. The maximum Gasteiger partial charge on any atom is 0.358 e. The fourth-order valence-corrected chi connectivity index (χ4v) is 3.79. The van der Waals surface area contributed by atoms with E-state index in [2.05, 4.69) is 14.4 Å². The van der Waals surface area contributed by atoms with Crippen molar-refractivity contribution in [2.24, 2.45) is 0 Å². The minimum atomic E-state index is -4.02. The van der Waals surface area contributed by atoms with Crippen molar-refractivity contribution >= 4 is 44.6 Å². The van der Waals surface area contributed by atoms with Gasteiger partial charge >= 0.3 is 5.97 Å². The van der Waals surface area contributed by atoms with Crippen LogP contribution in [-0.4, -0.2) is 31.6 Å². The van der Waals surface area contributed by atoms with Crippen LogP contribution in [0.4, 0.5) is 5.69 Å². The highest BCUT2D eigenvalue weighted by Gasteiger charge is 2.26. The van der Waals surface area contributed by atoms with Gasteiger partial charge < -0.3 is 9.84 Å². The number of sulfonamides is 1. The smallest absolute Gasteiger partial charge is 0.358 e. The molecule has 0 aliphatic rings. The molecule has 2 N–H and O–H groups in total. The summed E-state index contributed by atoms with van der Waals surface area (Å²) >= 11 is 6.49. The summed E-state index contributed by atoms with van der Waals surface area (Å²) in [5.41, 5.74) is 1.08. The zero-order valence-electron chi connectivity index (χ0n) is 10.5. The fraction of sp³-hybridized carbons (Fsp3) is 0.0909. The van der Waals surface area contributed by atoms with Crippen molar-refractivity contribution in [1.82, 2.24) is 4.98 Å². The third kappa shape index (κ3) is 3.26. The molecule has 0 saturated carbocycles. The van der Waals surface area contributed by atoms with Crippen molar-refractivity contribution in [2.45, 2.75) is 4.21 Å². The molecular formula is C11H9ClN2O5S2. The summed E-state index contributed by atoms with van der Waals surface area (Å²) in [6.45, 7) is 0. The molecule has 1 aromatic heterocycles. The number of ether oxygens (including phenoxy) is 1. The van der Waals surface area contributed by atoms with Gasteiger partial charge in [-0.3, -0.25) is 4.72 Å². The van der Waals surface area contributed by atoms with Crippen molar-refractivity contribution in [2.75, 3.05) is 11.8 Å². The van der Waals surface area contributed by atoms with E-state index in [4.69, 9.17) is 11.6 Å². The Kier molecular flexibility index (Phi) is 4.35. The number of esters is 1. The number of nitrogens with one attached hydrogen (secondary N) is 1. The van der Waals surface area contributed by atoms with Crippen molar-refractivity contribution in [3.05, 3.63) is 34.4 Å². The molecule has 0 bridgehead atoms. The number of carbonyl (C=O) groups excluding carboxylic acids is 1. The number of phenolic OH excluding ortho intramolecular Hbond substituents is 1. The van der Waals surface area contributed by atoms with Crippen molar-refractivity contribution in [3.63, 3.8) is 0 Å². The van der Waals surface area contributed by atoms with Crippen molar-refractivity contribution in [3.8, 4) is 5.75 Å². The van der Waals surface area contributed by atoms with E-state index in [0.29, 0.717) is 0 Å². The highest BCUT2D eigenvalue weighted by molar-refractivity contribution is 7.94. The number of hydrogen-bond donors (Lipinski definition) is 2. The number of hydrogen-bond acceptors (Lipinski definition) is 7. The zero-order valence-corrected chi connectivity index (χ0v) is 12.9. The normalized spacial score (nSPS) is 11.1. The molecule has 0 aliphatic carbocycles. The Labute approximate surface area is 129 Å². The first-order valence-electron chi connectivity index (χ1n) is 5.38. The maximum absolute atomic E-state index is 12.2. The number of nitrogens with zero attached hydrogens (tertiary/aromatic N) is 1. The molecule has 2 aromatic rings. The van der Waals surface area contributed by atoms with Gasteiger partial charge in [0.25, 0.3) is 10.0 Å². The molecule has 0 fully saturated rings. The van der Waals surface area contributed by atoms with Crippen LogP contribution in [0.25, 0.3) is 0 Å². The number of aromatic hydroxyl groups is 1. The van der Waals surface area contributed by atoms with Crippen LogP contribution in [0.1, 0.15) is 10.5 Å². The molecule has 1 heterocycles. The number of anilines is 1. The number of benzene rings is 1. The fourth-order valence-electron chi connectivity index (χ4n) is 1.43. The third-order valence-corrected chi connectivity index (χ3v) is 5.41. The lowest BCUT2D eigenvalue weighted by Crippen LogP contribution is -2.16. The van der Waals surface area contributed by atoms with Gasteiger partial charge in [-0.05, 0) is 18.2 Å². The molecule has 0 radical (unpaired) electrons. The van der Waals surface area contributed by atoms with Gasteiger partial charge in [-0.1, -0.05) is 11.6 Å². The number of aromatic nitrogens is 1. The molecule has 0 spiro atoms. The molecule has 0 atom stereocenters. The Morgan fingerprint density at radius 3 is 2.81 bits per heavy atom. The Morgan fingerprint density at radius 2 is 2.19 bits per heavy atom. The summed E-state index contributed by atoms with van der Waals surface area (Å²) in [4.78, 5) is 15.2. The van der Waals surface area contributed by atoms with E-state index < -0.39 is 16.0 Å². The summed E-state index contributed by atoms with van der Waals surface area (Å²) in [6, 6.07) is 3.82. The average Bonchev–Trinajstić information content (AvgIpc) is 2.92. The minimum absolute atomic E-state index is 0.00676. The summed E-state index contributed by atoms with van der Waals surface area (Å²) in [7, 11) is -2.89. The lowest BCUT2D eigenvalue weighted by molar-refractivity contribution is 0.0590. The Hall–Kier alpha value is -1.84.